The van der Waals surface area contributed by atoms with Gasteiger partial charge in [-0.05, 0) is 51.1 Å². The van der Waals surface area contributed by atoms with Gasteiger partial charge in [-0.15, -0.1) is 23.1 Å². The zero-order chi connectivity index (χ0) is 16.9. The van der Waals surface area contributed by atoms with E-state index in [2.05, 4.69) is 15.7 Å². The van der Waals surface area contributed by atoms with Crippen LogP contribution in [0.15, 0.2) is 34.5 Å². The summed E-state index contributed by atoms with van der Waals surface area (Å²) in [6, 6.07) is 8.51. The number of benzene rings is 1. The first-order chi connectivity index (χ1) is 11.7. The molecule has 1 aromatic heterocycles. The van der Waals surface area contributed by atoms with Crippen LogP contribution in [0, 0.1) is 6.92 Å². The van der Waals surface area contributed by atoms with Gasteiger partial charge in [-0.3, -0.25) is 4.79 Å². The van der Waals surface area contributed by atoms with Crippen LogP contribution in [0.1, 0.15) is 33.9 Å². The highest BCUT2D eigenvalue weighted by molar-refractivity contribution is 7.98. The van der Waals surface area contributed by atoms with Gasteiger partial charge in [0.2, 0.25) is 0 Å². The smallest absolute Gasteiger partial charge is 0.253 e. The molecule has 0 radical (unpaired) electrons. The van der Waals surface area contributed by atoms with E-state index in [1.54, 1.807) is 23.1 Å². The van der Waals surface area contributed by atoms with Crippen molar-refractivity contribution >= 4 is 29.0 Å². The highest BCUT2D eigenvalue weighted by Gasteiger charge is 2.22. The summed E-state index contributed by atoms with van der Waals surface area (Å²) in [6.07, 6.45) is 2.06. The first-order valence-corrected chi connectivity index (χ1v) is 10.1. The second kappa shape index (κ2) is 8.14. The lowest BCUT2D eigenvalue weighted by Crippen LogP contribution is -2.43. The first kappa shape index (κ1) is 17.5. The van der Waals surface area contributed by atoms with Gasteiger partial charge in [0, 0.05) is 40.7 Å². The molecule has 4 nitrogen and oxygen atoms in total. The second-order valence-corrected chi connectivity index (χ2v) is 8.14. The number of thiazole rings is 1. The van der Waals surface area contributed by atoms with E-state index in [1.165, 1.54) is 4.90 Å². The Morgan fingerprint density at radius 3 is 2.62 bits per heavy atom. The monoisotopic (exact) mass is 361 g/mol. The van der Waals surface area contributed by atoms with Crippen molar-refractivity contribution in [3.05, 3.63) is 45.9 Å². The van der Waals surface area contributed by atoms with Crippen LogP contribution in [0.2, 0.25) is 0 Å². The van der Waals surface area contributed by atoms with Crippen molar-refractivity contribution in [1.82, 2.24) is 15.2 Å². The average Bonchev–Trinajstić information content (AvgIpc) is 3.05. The highest BCUT2D eigenvalue weighted by atomic mass is 32.2. The molecule has 1 aromatic carbocycles. The Hall–Kier alpha value is -1.37. The maximum atomic E-state index is 12.6. The van der Waals surface area contributed by atoms with Crippen molar-refractivity contribution in [2.45, 2.75) is 36.5 Å². The Morgan fingerprint density at radius 2 is 2.04 bits per heavy atom. The van der Waals surface area contributed by atoms with Gasteiger partial charge in [0.1, 0.15) is 0 Å². The van der Waals surface area contributed by atoms with Crippen molar-refractivity contribution in [1.29, 1.82) is 0 Å². The molecule has 1 N–H and O–H groups in total. The molecule has 0 saturated carbocycles. The fourth-order valence-electron chi connectivity index (χ4n) is 2.88. The number of amides is 1. The van der Waals surface area contributed by atoms with E-state index < -0.39 is 0 Å². The van der Waals surface area contributed by atoms with Gasteiger partial charge in [-0.1, -0.05) is 0 Å². The molecule has 1 aliphatic rings. The molecular weight excluding hydrogens is 338 g/mol. The van der Waals surface area contributed by atoms with Crippen LogP contribution in [0.4, 0.5) is 0 Å². The first-order valence-electron chi connectivity index (χ1n) is 8.26. The molecular formula is C18H23N3OS2. The lowest BCUT2D eigenvalue weighted by Gasteiger charge is -2.31. The molecule has 1 amide bonds. The van der Waals surface area contributed by atoms with E-state index in [1.807, 2.05) is 43.1 Å². The van der Waals surface area contributed by atoms with E-state index >= 15 is 0 Å². The summed E-state index contributed by atoms with van der Waals surface area (Å²) < 4.78 is 0. The Kier molecular flexibility index (Phi) is 5.92. The van der Waals surface area contributed by atoms with E-state index in [0.29, 0.717) is 6.04 Å². The Labute approximate surface area is 151 Å². The number of piperidine rings is 1. The molecule has 3 rings (SSSR count). The molecule has 1 saturated heterocycles. The van der Waals surface area contributed by atoms with Crippen molar-refractivity contribution in [2.24, 2.45) is 0 Å². The zero-order valence-electron chi connectivity index (χ0n) is 14.1. The minimum Gasteiger partial charge on any atom is -0.339 e. The Balaban J connectivity index is 1.55. The second-order valence-electron chi connectivity index (χ2n) is 6.03. The number of hydrogen-bond acceptors (Lipinski definition) is 5. The van der Waals surface area contributed by atoms with Crippen molar-refractivity contribution in [3.63, 3.8) is 0 Å². The number of rotatable bonds is 5. The van der Waals surface area contributed by atoms with Gasteiger partial charge in [0.15, 0.2) is 0 Å². The molecule has 128 valence electrons. The third kappa shape index (κ3) is 4.37. The summed E-state index contributed by atoms with van der Waals surface area (Å²) in [5.41, 5.74) is 1.90. The summed E-state index contributed by atoms with van der Waals surface area (Å²) in [7, 11) is 1.99. The number of aromatic nitrogens is 1. The predicted octanol–water partition coefficient (Wildman–Crippen LogP) is 3.57. The number of nitrogens with zero attached hydrogens (tertiary/aromatic N) is 2. The van der Waals surface area contributed by atoms with Crippen LogP contribution >= 0.6 is 23.1 Å². The van der Waals surface area contributed by atoms with E-state index in [4.69, 9.17) is 0 Å². The van der Waals surface area contributed by atoms with Crippen LogP contribution in [0.5, 0.6) is 0 Å². The molecule has 0 atom stereocenters. The van der Waals surface area contributed by atoms with Crippen LogP contribution in [-0.4, -0.2) is 42.0 Å². The molecule has 0 spiro atoms. The molecule has 0 bridgehead atoms. The van der Waals surface area contributed by atoms with E-state index in [0.717, 1.165) is 47.9 Å². The van der Waals surface area contributed by atoms with Crippen LogP contribution in [-0.2, 0) is 5.75 Å². The number of nitrogens with one attached hydrogen (secondary N) is 1. The normalized spacial score (nSPS) is 15.7. The lowest BCUT2D eigenvalue weighted by atomic mass is 10.0. The van der Waals surface area contributed by atoms with Crippen LogP contribution in [0.3, 0.4) is 0 Å². The van der Waals surface area contributed by atoms with Gasteiger partial charge in [-0.2, -0.15) is 0 Å². The molecule has 6 heteroatoms. The van der Waals surface area contributed by atoms with E-state index in [9.17, 15) is 4.79 Å². The molecule has 2 aromatic rings. The summed E-state index contributed by atoms with van der Waals surface area (Å²) in [5, 5.41) is 6.51. The quantitative estimate of drug-likeness (QED) is 0.827. The number of carbonyl (C=O) groups excluding carboxylic acids is 1. The molecule has 24 heavy (non-hydrogen) atoms. The molecule has 1 aliphatic heterocycles. The Morgan fingerprint density at radius 1 is 1.33 bits per heavy atom. The minimum absolute atomic E-state index is 0.149. The third-order valence-electron chi connectivity index (χ3n) is 4.34. The van der Waals surface area contributed by atoms with Crippen LogP contribution < -0.4 is 5.32 Å². The third-order valence-corrected chi connectivity index (χ3v) is 6.21. The van der Waals surface area contributed by atoms with Crippen LogP contribution in [0.25, 0.3) is 0 Å². The fraction of sp³-hybridized carbons (Fsp3) is 0.444. The highest BCUT2D eigenvalue weighted by Crippen LogP contribution is 2.24. The number of hydrogen-bond donors (Lipinski definition) is 1. The molecule has 0 aliphatic carbocycles. The van der Waals surface area contributed by atoms with Gasteiger partial charge >= 0.3 is 0 Å². The maximum absolute atomic E-state index is 12.6. The Bertz CT molecular complexity index is 676. The number of aryl methyl sites for hydroxylation is 1. The number of thioether (sulfide) groups is 1. The summed E-state index contributed by atoms with van der Waals surface area (Å²) in [4.78, 5) is 20.2. The minimum atomic E-state index is 0.149. The van der Waals surface area contributed by atoms with Crippen molar-refractivity contribution < 1.29 is 4.79 Å². The van der Waals surface area contributed by atoms with Crippen molar-refractivity contribution in [3.8, 4) is 0 Å². The predicted molar refractivity (Wildman–Crippen MR) is 101 cm³/mol. The molecule has 0 unspecified atom stereocenters. The van der Waals surface area contributed by atoms with E-state index in [-0.39, 0.29) is 5.91 Å². The SMILES string of the molecule is CNC1CCN(C(=O)c2ccc(SCc3csc(C)n3)cc2)CC1. The molecule has 2 heterocycles. The fourth-order valence-corrected chi connectivity index (χ4v) is 4.39. The average molecular weight is 362 g/mol. The standard InChI is InChI=1S/C18H23N3OS2/c1-13-20-16(11-23-13)12-24-17-5-3-14(4-6-17)18(22)21-9-7-15(19-2)8-10-21/h3-6,11,15,19H,7-10,12H2,1-2H3. The maximum Gasteiger partial charge on any atom is 0.253 e. The van der Waals surface area contributed by atoms with Gasteiger partial charge in [0.25, 0.3) is 5.91 Å². The largest absolute Gasteiger partial charge is 0.339 e. The van der Waals surface area contributed by atoms with Gasteiger partial charge in [-0.25, -0.2) is 4.98 Å². The van der Waals surface area contributed by atoms with Gasteiger partial charge < -0.3 is 10.2 Å². The summed E-state index contributed by atoms with van der Waals surface area (Å²) >= 11 is 3.44. The lowest BCUT2D eigenvalue weighted by molar-refractivity contribution is 0.0707. The summed E-state index contributed by atoms with van der Waals surface area (Å²) in [6.45, 7) is 3.70. The summed E-state index contributed by atoms with van der Waals surface area (Å²) in [5.74, 6) is 1.02. The van der Waals surface area contributed by atoms with Gasteiger partial charge in [0.05, 0.1) is 10.7 Å². The molecule has 1 fully saturated rings. The van der Waals surface area contributed by atoms with Crippen molar-refractivity contribution in [2.75, 3.05) is 20.1 Å². The number of likely N-dealkylation sites (tertiary alicyclic amines) is 1. The number of carbonyl (C=O) groups is 1. The zero-order valence-corrected chi connectivity index (χ0v) is 15.8. The topological polar surface area (TPSA) is 45.2 Å².